The van der Waals surface area contributed by atoms with Crippen LogP contribution in [0.5, 0.6) is 5.75 Å². The Morgan fingerprint density at radius 2 is 1.48 bits per heavy atom. The van der Waals surface area contributed by atoms with Crippen LogP contribution in [0.15, 0.2) is 24.3 Å². The Labute approximate surface area is 185 Å². The first-order chi connectivity index (χ1) is 14.6. The molecule has 1 heterocycles. The maximum absolute atomic E-state index is 13.2. The number of benzene rings is 1. The third-order valence-electron chi connectivity index (χ3n) is 5.47. The number of rotatable bonds is 7. The smallest absolute Gasteiger partial charge is 0.320 e. The fraction of sp³-hybridized carbons (Fsp3) is 0.609. The van der Waals surface area contributed by atoms with Crippen LogP contribution in [-0.4, -0.2) is 84.0 Å². The highest BCUT2D eigenvalue weighted by Gasteiger charge is 2.32. The van der Waals surface area contributed by atoms with Gasteiger partial charge < -0.3 is 24.8 Å². The number of nitrogens with one attached hydrogen (secondary N) is 1. The van der Waals surface area contributed by atoms with E-state index in [9.17, 15) is 14.4 Å². The molecule has 1 aromatic rings. The van der Waals surface area contributed by atoms with E-state index >= 15 is 0 Å². The fourth-order valence-corrected chi connectivity index (χ4v) is 3.98. The van der Waals surface area contributed by atoms with Gasteiger partial charge in [0.05, 0.1) is 7.11 Å². The maximum Gasteiger partial charge on any atom is 0.320 e. The summed E-state index contributed by atoms with van der Waals surface area (Å²) < 4.78 is 5.18. The molecule has 31 heavy (non-hydrogen) atoms. The normalized spacial score (nSPS) is 15.1. The summed E-state index contributed by atoms with van der Waals surface area (Å²) in [4.78, 5) is 43.2. The Morgan fingerprint density at radius 1 is 0.968 bits per heavy atom. The van der Waals surface area contributed by atoms with E-state index in [1.165, 1.54) is 6.92 Å². The van der Waals surface area contributed by atoms with Crippen molar-refractivity contribution in [3.63, 3.8) is 0 Å². The van der Waals surface area contributed by atoms with Crippen molar-refractivity contribution in [1.82, 2.24) is 20.0 Å². The van der Waals surface area contributed by atoms with Gasteiger partial charge in [-0.25, -0.2) is 4.79 Å². The summed E-state index contributed by atoms with van der Waals surface area (Å²) in [6.07, 6.45) is 0.399. The van der Waals surface area contributed by atoms with Crippen molar-refractivity contribution < 1.29 is 19.1 Å². The number of amides is 4. The average molecular weight is 433 g/mol. The first-order valence-corrected chi connectivity index (χ1v) is 10.9. The van der Waals surface area contributed by atoms with Crippen molar-refractivity contribution in [2.45, 2.75) is 59.2 Å². The van der Waals surface area contributed by atoms with E-state index < -0.39 is 6.04 Å². The van der Waals surface area contributed by atoms with Crippen LogP contribution in [0, 0.1) is 0 Å². The van der Waals surface area contributed by atoms with Gasteiger partial charge in [-0.1, -0.05) is 12.1 Å². The molecule has 172 valence electrons. The second-order valence-electron chi connectivity index (χ2n) is 8.49. The lowest BCUT2D eigenvalue weighted by Gasteiger charge is -2.41. The summed E-state index contributed by atoms with van der Waals surface area (Å²) >= 11 is 0. The van der Waals surface area contributed by atoms with E-state index in [1.807, 2.05) is 56.9 Å². The standard InChI is InChI=1S/C23H36N4O4/c1-16(2)27(17(3)4)23(30)26-13-11-25(12-14-26)22(29)21(24-18(5)28)15-19-7-9-20(31-6)10-8-19/h7-10,16-17,21H,11-15H2,1-6H3,(H,24,28)/t21-/m1/s1. The van der Waals surface area contributed by atoms with Crippen molar-refractivity contribution in [3.05, 3.63) is 29.8 Å². The highest BCUT2D eigenvalue weighted by molar-refractivity contribution is 5.87. The predicted molar refractivity (Wildman–Crippen MR) is 120 cm³/mol. The summed E-state index contributed by atoms with van der Waals surface area (Å²) in [5, 5.41) is 2.79. The van der Waals surface area contributed by atoms with Crippen LogP contribution >= 0.6 is 0 Å². The zero-order chi connectivity index (χ0) is 23.1. The quantitative estimate of drug-likeness (QED) is 0.716. The Bertz CT molecular complexity index is 747. The predicted octanol–water partition coefficient (Wildman–Crippen LogP) is 2.13. The van der Waals surface area contributed by atoms with Gasteiger partial charge in [-0.05, 0) is 45.4 Å². The number of urea groups is 1. The summed E-state index contributed by atoms with van der Waals surface area (Å²) in [6, 6.07) is 7.05. The van der Waals surface area contributed by atoms with Gasteiger partial charge in [0.15, 0.2) is 0 Å². The maximum atomic E-state index is 13.2. The lowest BCUT2D eigenvalue weighted by Crippen LogP contribution is -2.59. The minimum Gasteiger partial charge on any atom is -0.497 e. The molecule has 0 unspecified atom stereocenters. The Morgan fingerprint density at radius 3 is 1.94 bits per heavy atom. The number of piperazine rings is 1. The molecule has 1 aliphatic heterocycles. The SMILES string of the molecule is COc1ccc(C[C@@H](NC(C)=O)C(=O)N2CCN(C(=O)N(C(C)C)C(C)C)CC2)cc1. The molecule has 8 heteroatoms. The second kappa shape index (κ2) is 11.0. The van der Waals surface area contributed by atoms with Gasteiger partial charge in [0, 0.05) is 51.6 Å². The van der Waals surface area contributed by atoms with E-state index in [2.05, 4.69) is 5.32 Å². The van der Waals surface area contributed by atoms with Gasteiger partial charge in [0.2, 0.25) is 11.8 Å². The Balaban J connectivity index is 2.02. The van der Waals surface area contributed by atoms with E-state index in [0.29, 0.717) is 32.6 Å². The molecule has 1 aromatic carbocycles. The minimum absolute atomic E-state index is 0.00810. The molecular weight excluding hydrogens is 396 g/mol. The van der Waals surface area contributed by atoms with E-state index in [-0.39, 0.29) is 29.9 Å². The number of ether oxygens (including phenoxy) is 1. The number of nitrogens with zero attached hydrogens (tertiary/aromatic N) is 3. The van der Waals surface area contributed by atoms with Crippen LogP contribution in [0.2, 0.25) is 0 Å². The summed E-state index contributed by atoms with van der Waals surface area (Å²) in [6.45, 7) is 11.3. The van der Waals surface area contributed by atoms with Crippen LogP contribution in [0.25, 0.3) is 0 Å². The number of carbonyl (C=O) groups excluding carboxylic acids is 3. The largest absolute Gasteiger partial charge is 0.497 e. The zero-order valence-corrected chi connectivity index (χ0v) is 19.6. The molecule has 0 saturated carbocycles. The van der Waals surface area contributed by atoms with Crippen LogP contribution < -0.4 is 10.1 Å². The topological polar surface area (TPSA) is 82.2 Å². The Kier molecular flexibility index (Phi) is 8.71. The molecule has 0 spiro atoms. The highest BCUT2D eigenvalue weighted by atomic mass is 16.5. The van der Waals surface area contributed by atoms with Crippen molar-refractivity contribution in [1.29, 1.82) is 0 Å². The number of hydrogen-bond acceptors (Lipinski definition) is 4. The van der Waals surface area contributed by atoms with Gasteiger partial charge in [0.25, 0.3) is 0 Å². The van der Waals surface area contributed by atoms with Crippen molar-refractivity contribution in [2.24, 2.45) is 0 Å². The van der Waals surface area contributed by atoms with Gasteiger partial charge in [-0.3, -0.25) is 9.59 Å². The average Bonchev–Trinajstić information content (AvgIpc) is 2.72. The molecule has 0 aliphatic carbocycles. The van der Waals surface area contributed by atoms with Crippen LogP contribution in [0.1, 0.15) is 40.2 Å². The number of methoxy groups -OCH3 is 1. The van der Waals surface area contributed by atoms with Gasteiger partial charge in [-0.2, -0.15) is 0 Å². The molecule has 0 bridgehead atoms. The second-order valence-corrected chi connectivity index (χ2v) is 8.49. The van der Waals surface area contributed by atoms with Crippen LogP contribution in [-0.2, 0) is 16.0 Å². The Hall–Kier alpha value is -2.77. The summed E-state index contributed by atoms with van der Waals surface area (Å²) in [7, 11) is 1.60. The van der Waals surface area contributed by atoms with Crippen molar-refractivity contribution in [2.75, 3.05) is 33.3 Å². The molecule has 0 aromatic heterocycles. The lowest BCUT2D eigenvalue weighted by atomic mass is 10.0. The molecule has 2 rings (SSSR count). The molecular formula is C23H36N4O4. The molecule has 8 nitrogen and oxygen atoms in total. The summed E-state index contributed by atoms with van der Waals surface area (Å²) in [5.41, 5.74) is 0.936. The van der Waals surface area contributed by atoms with Crippen LogP contribution in [0.4, 0.5) is 4.79 Å². The third kappa shape index (κ3) is 6.60. The molecule has 1 fully saturated rings. The molecule has 1 N–H and O–H groups in total. The van der Waals surface area contributed by atoms with Gasteiger partial charge in [-0.15, -0.1) is 0 Å². The van der Waals surface area contributed by atoms with E-state index in [4.69, 9.17) is 4.74 Å². The first-order valence-electron chi connectivity index (χ1n) is 10.9. The highest BCUT2D eigenvalue weighted by Crippen LogP contribution is 2.16. The minimum atomic E-state index is -0.643. The van der Waals surface area contributed by atoms with Crippen molar-refractivity contribution in [3.8, 4) is 5.75 Å². The number of carbonyl (C=O) groups is 3. The van der Waals surface area contributed by atoms with E-state index in [1.54, 1.807) is 16.9 Å². The molecule has 4 amide bonds. The molecule has 1 saturated heterocycles. The van der Waals surface area contributed by atoms with Gasteiger partial charge >= 0.3 is 6.03 Å². The monoisotopic (exact) mass is 432 g/mol. The number of hydrogen-bond donors (Lipinski definition) is 1. The lowest BCUT2D eigenvalue weighted by molar-refractivity contribution is -0.137. The molecule has 1 aliphatic rings. The molecule has 1 atom stereocenters. The summed E-state index contributed by atoms with van der Waals surface area (Å²) in [5.74, 6) is 0.372. The van der Waals surface area contributed by atoms with Gasteiger partial charge in [0.1, 0.15) is 11.8 Å². The fourth-order valence-electron chi connectivity index (χ4n) is 3.98. The first kappa shape index (κ1) is 24.5. The van der Waals surface area contributed by atoms with Crippen molar-refractivity contribution >= 4 is 17.8 Å². The zero-order valence-electron chi connectivity index (χ0n) is 19.6. The third-order valence-corrected chi connectivity index (χ3v) is 5.47. The van der Waals surface area contributed by atoms with E-state index in [0.717, 1.165) is 11.3 Å². The van der Waals surface area contributed by atoms with Crippen LogP contribution in [0.3, 0.4) is 0 Å². The molecule has 0 radical (unpaired) electrons.